The van der Waals surface area contributed by atoms with E-state index in [-0.39, 0.29) is 0 Å². The molecule has 0 aromatic carbocycles. The highest BCUT2D eigenvalue weighted by Crippen LogP contribution is 2.38. The van der Waals surface area contributed by atoms with Crippen LogP contribution in [0.4, 0.5) is 11.5 Å². The SMILES string of the molecule is O=S(=O)(c1cccs1)N1CCC2(C1)Nc1cccnc1NC2=NC1CCCC1. The molecule has 0 radical (unpaired) electrons. The van der Waals surface area contributed by atoms with Crippen LogP contribution in [0.25, 0.3) is 0 Å². The third-order valence-electron chi connectivity index (χ3n) is 5.83. The summed E-state index contributed by atoms with van der Waals surface area (Å²) in [5.41, 5.74) is 0.353. The number of aliphatic imine (C=N–C) groups is 1. The number of nitrogens with one attached hydrogen (secondary N) is 2. The standard InChI is InChI=1S/C19H23N5O2S2/c25-28(26,16-8-4-12-27-16)24-11-9-19(13-24)18(21-14-5-1-2-6-14)22-17-15(23-19)7-3-10-20-17/h3-4,7-8,10,12,14,23H,1-2,5-6,9,11,13H2,(H,20,21,22). The van der Waals surface area contributed by atoms with Gasteiger partial charge in [-0.15, -0.1) is 11.3 Å². The summed E-state index contributed by atoms with van der Waals surface area (Å²) in [6.45, 7) is 0.828. The number of rotatable bonds is 3. The topological polar surface area (TPSA) is 86.7 Å². The average molecular weight is 418 g/mol. The first-order valence-corrected chi connectivity index (χ1v) is 12.0. The maximum Gasteiger partial charge on any atom is 0.252 e. The first-order chi connectivity index (χ1) is 13.6. The molecule has 1 saturated carbocycles. The number of anilines is 2. The Kier molecular flexibility index (Phi) is 4.41. The van der Waals surface area contributed by atoms with Crippen LogP contribution in [-0.2, 0) is 10.0 Å². The predicted octanol–water partition coefficient (Wildman–Crippen LogP) is 3.16. The van der Waals surface area contributed by atoms with Crippen LogP contribution in [0, 0.1) is 0 Å². The minimum absolute atomic E-state index is 0.300. The lowest BCUT2D eigenvalue weighted by molar-refractivity contribution is 0.468. The van der Waals surface area contributed by atoms with Gasteiger partial charge in [-0.2, -0.15) is 4.31 Å². The van der Waals surface area contributed by atoms with Crippen molar-refractivity contribution in [3.8, 4) is 0 Å². The van der Waals surface area contributed by atoms with E-state index in [1.54, 1.807) is 28.0 Å². The van der Waals surface area contributed by atoms with Crippen molar-refractivity contribution in [2.45, 2.75) is 47.9 Å². The Balaban J connectivity index is 1.51. The molecule has 0 amide bonds. The van der Waals surface area contributed by atoms with Crippen molar-refractivity contribution in [3.05, 3.63) is 35.8 Å². The highest BCUT2D eigenvalue weighted by atomic mass is 32.2. The molecule has 148 valence electrons. The van der Waals surface area contributed by atoms with Crippen LogP contribution in [0.15, 0.2) is 45.0 Å². The maximum atomic E-state index is 13.1. The lowest BCUT2D eigenvalue weighted by Crippen LogP contribution is -2.55. The number of nitrogens with zero attached hydrogens (tertiary/aromatic N) is 3. The third kappa shape index (κ3) is 3.01. The van der Waals surface area contributed by atoms with Gasteiger partial charge in [-0.25, -0.2) is 13.4 Å². The zero-order chi connectivity index (χ0) is 19.2. The summed E-state index contributed by atoms with van der Waals surface area (Å²) in [5, 5.41) is 8.81. The Bertz CT molecular complexity index is 999. The molecule has 2 aromatic heterocycles. The van der Waals surface area contributed by atoms with Crippen LogP contribution >= 0.6 is 11.3 Å². The van der Waals surface area contributed by atoms with E-state index in [0.717, 1.165) is 30.2 Å². The van der Waals surface area contributed by atoms with Crippen LogP contribution in [-0.4, -0.2) is 48.2 Å². The maximum absolute atomic E-state index is 13.1. The Morgan fingerprint density at radius 1 is 1.25 bits per heavy atom. The van der Waals surface area contributed by atoms with Crippen molar-refractivity contribution < 1.29 is 8.42 Å². The summed E-state index contributed by atoms with van der Waals surface area (Å²) in [6.07, 6.45) is 7.01. The summed E-state index contributed by atoms with van der Waals surface area (Å²) in [5.74, 6) is 1.58. The van der Waals surface area contributed by atoms with Crippen molar-refractivity contribution >= 4 is 38.7 Å². The van der Waals surface area contributed by atoms with E-state index in [1.165, 1.54) is 24.2 Å². The number of hydrogen-bond donors (Lipinski definition) is 2. The average Bonchev–Trinajstić information content (AvgIpc) is 3.45. The molecule has 1 atom stereocenters. The van der Waals surface area contributed by atoms with Crippen molar-refractivity contribution in [1.82, 2.24) is 9.29 Å². The van der Waals surface area contributed by atoms with E-state index in [1.807, 2.05) is 12.1 Å². The molecule has 7 nitrogen and oxygen atoms in total. The minimum atomic E-state index is -3.49. The summed E-state index contributed by atoms with van der Waals surface area (Å²) >= 11 is 1.26. The fraction of sp³-hybridized carbons (Fsp3) is 0.474. The Morgan fingerprint density at radius 3 is 2.89 bits per heavy atom. The molecule has 3 aliphatic rings. The summed E-state index contributed by atoms with van der Waals surface area (Å²) in [6, 6.07) is 7.60. The smallest absolute Gasteiger partial charge is 0.252 e. The second kappa shape index (κ2) is 6.82. The van der Waals surface area contributed by atoms with E-state index in [0.29, 0.717) is 29.8 Å². The van der Waals surface area contributed by atoms with Gasteiger partial charge in [0.1, 0.15) is 15.6 Å². The number of thiophene rings is 1. The Labute approximate surface area is 168 Å². The largest absolute Gasteiger partial charge is 0.369 e. The lowest BCUT2D eigenvalue weighted by Gasteiger charge is -2.38. The number of fused-ring (bicyclic) bond motifs is 1. The zero-order valence-electron chi connectivity index (χ0n) is 15.5. The van der Waals surface area contributed by atoms with Crippen molar-refractivity contribution in [3.63, 3.8) is 0 Å². The predicted molar refractivity (Wildman–Crippen MR) is 112 cm³/mol. The molecule has 1 saturated heterocycles. The first-order valence-electron chi connectivity index (χ1n) is 9.69. The van der Waals surface area contributed by atoms with Gasteiger partial charge in [0, 0.05) is 19.3 Å². The van der Waals surface area contributed by atoms with Gasteiger partial charge in [-0.05, 0) is 42.8 Å². The molecule has 1 unspecified atom stereocenters. The second-order valence-corrected chi connectivity index (χ2v) is 10.8. The van der Waals surface area contributed by atoms with E-state index >= 15 is 0 Å². The van der Waals surface area contributed by atoms with Gasteiger partial charge in [0.25, 0.3) is 10.0 Å². The molecule has 1 spiro atoms. The number of amidine groups is 1. The molecule has 2 aliphatic heterocycles. The summed E-state index contributed by atoms with van der Waals surface area (Å²) < 4.78 is 28.1. The molecule has 2 fully saturated rings. The number of sulfonamides is 1. The van der Waals surface area contributed by atoms with Crippen LogP contribution in [0.5, 0.6) is 0 Å². The molecule has 2 aromatic rings. The lowest BCUT2D eigenvalue weighted by atomic mass is 9.93. The van der Waals surface area contributed by atoms with Crippen LogP contribution in [0.2, 0.25) is 0 Å². The number of hydrogen-bond acceptors (Lipinski definition) is 6. The summed E-state index contributed by atoms with van der Waals surface area (Å²) in [7, 11) is -3.49. The normalized spacial score (nSPS) is 27.1. The van der Waals surface area contributed by atoms with Gasteiger partial charge in [0.2, 0.25) is 0 Å². The van der Waals surface area contributed by atoms with E-state index < -0.39 is 15.6 Å². The fourth-order valence-electron chi connectivity index (χ4n) is 4.34. The summed E-state index contributed by atoms with van der Waals surface area (Å²) in [4.78, 5) is 9.45. The molecule has 5 rings (SSSR count). The fourth-order valence-corrected chi connectivity index (χ4v) is 6.98. The highest BCUT2D eigenvalue weighted by Gasteiger charge is 2.49. The minimum Gasteiger partial charge on any atom is -0.369 e. The Morgan fingerprint density at radius 2 is 2.11 bits per heavy atom. The molecular weight excluding hydrogens is 394 g/mol. The van der Waals surface area contributed by atoms with Gasteiger partial charge in [-0.3, -0.25) is 4.99 Å². The molecule has 9 heteroatoms. The molecule has 0 bridgehead atoms. The quantitative estimate of drug-likeness (QED) is 0.801. The molecule has 4 heterocycles. The molecule has 1 aliphatic carbocycles. The first kappa shape index (κ1) is 18.1. The Hall–Kier alpha value is -1.97. The zero-order valence-corrected chi connectivity index (χ0v) is 17.1. The number of pyridine rings is 1. The van der Waals surface area contributed by atoms with E-state index in [2.05, 4.69) is 15.6 Å². The van der Waals surface area contributed by atoms with Gasteiger partial charge >= 0.3 is 0 Å². The van der Waals surface area contributed by atoms with Crippen LogP contribution < -0.4 is 10.6 Å². The molecule has 2 N–H and O–H groups in total. The number of aromatic nitrogens is 1. The van der Waals surface area contributed by atoms with Gasteiger partial charge in [-0.1, -0.05) is 18.9 Å². The van der Waals surface area contributed by atoms with Gasteiger partial charge < -0.3 is 10.6 Å². The highest BCUT2D eigenvalue weighted by molar-refractivity contribution is 7.91. The van der Waals surface area contributed by atoms with Crippen LogP contribution in [0.1, 0.15) is 32.1 Å². The van der Waals surface area contributed by atoms with Crippen molar-refractivity contribution in [1.29, 1.82) is 0 Å². The van der Waals surface area contributed by atoms with E-state index in [4.69, 9.17) is 4.99 Å². The van der Waals surface area contributed by atoms with Gasteiger partial charge in [0.05, 0.1) is 11.7 Å². The second-order valence-electron chi connectivity index (χ2n) is 7.67. The van der Waals surface area contributed by atoms with Crippen LogP contribution in [0.3, 0.4) is 0 Å². The van der Waals surface area contributed by atoms with Gasteiger partial charge in [0.15, 0.2) is 5.82 Å². The van der Waals surface area contributed by atoms with Crippen molar-refractivity contribution in [2.24, 2.45) is 4.99 Å². The van der Waals surface area contributed by atoms with Crippen molar-refractivity contribution in [2.75, 3.05) is 23.7 Å². The van der Waals surface area contributed by atoms with E-state index in [9.17, 15) is 8.42 Å². The third-order valence-corrected chi connectivity index (χ3v) is 9.05. The molecular formula is C19H23N5O2S2. The molecule has 28 heavy (non-hydrogen) atoms. The monoisotopic (exact) mass is 417 g/mol.